The number of nitrogens with zero attached hydrogens (tertiary/aromatic N) is 3. The van der Waals surface area contributed by atoms with Gasteiger partial charge in [-0.15, -0.1) is 0 Å². The van der Waals surface area contributed by atoms with E-state index in [0.29, 0.717) is 30.4 Å². The van der Waals surface area contributed by atoms with Crippen molar-refractivity contribution in [1.82, 2.24) is 9.97 Å². The third kappa shape index (κ3) is 3.58. The van der Waals surface area contributed by atoms with Crippen LogP contribution in [-0.4, -0.2) is 40.4 Å². The standard InChI is InChI=1S/C18H18N4O4/c1-25-18(24)14-15(20)21-16(11-4-2-3-10(7-11)9-19)22-17(14)26-13-6-5-12(23)8-13/h2-4,7,12-13,23H,5-6,8H2,1H3,(H2,20,21,22)/t12-,13+/m1/s1. The maximum Gasteiger partial charge on any atom is 0.347 e. The lowest BCUT2D eigenvalue weighted by Crippen LogP contribution is -2.19. The van der Waals surface area contributed by atoms with Crippen molar-refractivity contribution < 1.29 is 19.4 Å². The molecule has 1 aliphatic carbocycles. The molecule has 1 fully saturated rings. The number of hydrogen-bond donors (Lipinski definition) is 2. The fourth-order valence-corrected chi connectivity index (χ4v) is 2.88. The highest BCUT2D eigenvalue weighted by atomic mass is 16.5. The highest BCUT2D eigenvalue weighted by Crippen LogP contribution is 2.30. The Morgan fingerprint density at radius 1 is 1.38 bits per heavy atom. The van der Waals surface area contributed by atoms with Gasteiger partial charge in [0.25, 0.3) is 0 Å². The van der Waals surface area contributed by atoms with Crippen LogP contribution >= 0.6 is 0 Å². The highest BCUT2D eigenvalue weighted by Gasteiger charge is 2.29. The number of esters is 1. The Labute approximate surface area is 150 Å². The molecule has 1 heterocycles. The van der Waals surface area contributed by atoms with Gasteiger partial charge in [-0.05, 0) is 25.0 Å². The molecule has 0 amide bonds. The minimum absolute atomic E-state index is 0.0146. The van der Waals surface area contributed by atoms with E-state index in [1.54, 1.807) is 24.3 Å². The molecule has 3 rings (SSSR count). The quantitative estimate of drug-likeness (QED) is 0.793. The smallest absolute Gasteiger partial charge is 0.347 e. The van der Waals surface area contributed by atoms with Crippen molar-refractivity contribution in [2.45, 2.75) is 31.5 Å². The Balaban J connectivity index is 2.04. The first-order chi connectivity index (χ1) is 12.5. The minimum Gasteiger partial charge on any atom is -0.473 e. The summed E-state index contributed by atoms with van der Waals surface area (Å²) in [6.45, 7) is 0. The van der Waals surface area contributed by atoms with Gasteiger partial charge >= 0.3 is 5.97 Å². The molecule has 2 atom stereocenters. The number of rotatable bonds is 4. The monoisotopic (exact) mass is 354 g/mol. The summed E-state index contributed by atoms with van der Waals surface area (Å²) in [5, 5.41) is 18.7. The van der Waals surface area contributed by atoms with E-state index in [0.717, 1.165) is 0 Å². The number of methoxy groups -OCH3 is 1. The van der Waals surface area contributed by atoms with Crippen LogP contribution in [0.4, 0.5) is 5.82 Å². The van der Waals surface area contributed by atoms with E-state index in [1.807, 2.05) is 6.07 Å². The number of aromatic nitrogens is 2. The van der Waals surface area contributed by atoms with Crippen molar-refractivity contribution in [2.24, 2.45) is 0 Å². The van der Waals surface area contributed by atoms with Gasteiger partial charge in [0, 0.05) is 12.0 Å². The average Bonchev–Trinajstić information content (AvgIpc) is 3.05. The molecule has 26 heavy (non-hydrogen) atoms. The largest absolute Gasteiger partial charge is 0.473 e. The van der Waals surface area contributed by atoms with Gasteiger partial charge in [0.2, 0.25) is 5.88 Å². The Bertz CT molecular complexity index is 878. The van der Waals surface area contributed by atoms with E-state index in [1.165, 1.54) is 7.11 Å². The Kier molecular flexibility index (Phi) is 5.00. The van der Waals surface area contributed by atoms with Crippen LogP contribution in [0.5, 0.6) is 5.88 Å². The molecule has 0 saturated heterocycles. The molecule has 1 aliphatic rings. The van der Waals surface area contributed by atoms with Crippen LogP contribution < -0.4 is 10.5 Å². The number of hydrogen-bond acceptors (Lipinski definition) is 8. The summed E-state index contributed by atoms with van der Waals surface area (Å²) in [5.41, 5.74) is 6.93. The van der Waals surface area contributed by atoms with Crippen LogP contribution in [0.25, 0.3) is 11.4 Å². The summed E-state index contributed by atoms with van der Waals surface area (Å²) >= 11 is 0. The van der Waals surface area contributed by atoms with Crippen molar-refractivity contribution >= 4 is 11.8 Å². The molecule has 0 bridgehead atoms. The number of anilines is 1. The second-order valence-electron chi connectivity index (χ2n) is 6.00. The third-order valence-electron chi connectivity index (χ3n) is 4.18. The predicted octanol–water partition coefficient (Wildman–Crippen LogP) is 1.68. The van der Waals surface area contributed by atoms with Crippen LogP contribution in [0, 0.1) is 11.3 Å². The topological polar surface area (TPSA) is 131 Å². The summed E-state index contributed by atoms with van der Waals surface area (Å²) in [5.74, 6) is -0.521. The molecule has 0 unspecified atom stereocenters. The fraction of sp³-hybridized carbons (Fsp3) is 0.333. The number of nitrogens with two attached hydrogens (primary N) is 1. The molecule has 8 nitrogen and oxygen atoms in total. The first kappa shape index (κ1) is 17.6. The third-order valence-corrected chi connectivity index (χ3v) is 4.18. The van der Waals surface area contributed by atoms with Crippen LogP contribution in [-0.2, 0) is 4.74 Å². The van der Waals surface area contributed by atoms with Gasteiger partial charge in [0.15, 0.2) is 11.4 Å². The van der Waals surface area contributed by atoms with Crippen molar-refractivity contribution in [3.8, 4) is 23.3 Å². The fourth-order valence-electron chi connectivity index (χ4n) is 2.88. The maximum atomic E-state index is 12.1. The summed E-state index contributed by atoms with van der Waals surface area (Å²) in [6, 6.07) is 8.77. The summed E-state index contributed by atoms with van der Waals surface area (Å²) in [6.07, 6.45) is 0.999. The zero-order valence-electron chi connectivity index (χ0n) is 14.2. The van der Waals surface area contributed by atoms with Crippen molar-refractivity contribution in [3.05, 3.63) is 35.4 Å². The van der Waals surface area contributed by atoms with Crippen LogP contribution in [0.3, 0.4) is 0 Å². The average molecular weight is 354 g/mol. The van der Waals surface area contributed by atoms with Gasteiger partial charge in [0.1, 0.15) is 11.9 Å². The lowest BCUT2D eigenvalue weighted by atomic mass is 10.1. The van der Waals surface area contributed by atoms with Gasteiger partial charge in [-0.1, -0.05) is 12.1 Å². The minimum atomic E-state index is -0.701. The van der Waals surface area contributed by atoms with E-state index in [4.69, 9.17) is 20.5 Å². The Morgan fingerprint density at radius 2 is 2.19 bits per heavy atom. The molecular formula is C18H18N4O4. The number of nitriles is 1. The van der Waals surface area contributed by atoms with Gasteiger partial charge < -0.3 is 20.3 Å². The second-order valence-corrected chi connectivity index (χ2v) is 6.00. The zero-order chi connectivity index (χ0) is 18.7. The highest BCUT2D eigenvalue weighted by molar-refractivity contribution is 5.96. The first-order valence-electron chi connectivity index (χ1n) is 8.13. The Hall–Kier alpha value is -3.18. The van der Waals surface area contributed by atoms with E-state index >= 15 is 0 Å². The number of aliphatic hydroxyl groups excluding tert-OH is 1. The second kappa shape index (κ2) is 7.37. The zero-order valence-corrected chi connectivity index (χ0v) is 14.2. The number of nitrogen functional groups attached to an aromatic ring is 1. The van der Waals surface area contributed by atoms with Crippen LogP contribution in [0.1, 0.15) is 35.2 Å². The van der Waals surface area contributed by atoms with Gasteiger partial charge in [-0.3, -0.25) is 0 Å². The molecule has 0 radical (unpaired) electrons. The lowest BCUT2D eigenvalue weighted by molar-refractivity contribution is 0.0592. The molecular weight excluding hydrogens is 336 g/mol. The molecule has 0 spiro atoms. The maximum absolute atomic E-state index is 12.1. The van der Waals surface area contributed by atoms with Crippen LogP contribution in [0.15, 0.2) is 24.3 Å². The number of carbonyl (C=O) groups is 1. The summed E-state index contributed by atoms with van der Waals surface area (Å²) in [4.78, 5) is 20.6. The molecule has 2 aromatic rings. The van der Waals surface area contributed by atoms with Gasteiger partial charge in [-0.2, -0.15) is 10.2 Å². The van der Waals surface area contributed by atoms with Gasteiger partial charge in [0.05, 0.1) is 24.8 Å². The first-order valence-corrected chi connectivity index (χ1v) is 8.13. The number of benzene rings is 1. The number of ether oxygens (including phenoxy) is 2. The molecule has 1 aromatic heterocycles. The lowest BCUT2D eigenvalue weighted by Gasteiger charge is -2.16. The normalized spacial score (nSPS) is 19.0. The van der Waals surface area contributed by atoms with Crippen molar-refractivity contribution in [2.75, 3.05) is 12.8 Å². The predicted molar refractivity (Wildman–Crippen MR) is 92.2 cm³/mol. The van der Waals surface area contributed by atoms with Gasteiger partial charge in [-0.25, -0.2) is 9.78 Å². The summed E-state index contributed by atoms with van der Waals surface area (Å²) in [7, 11) is 1.23. The van der Waals surface area contributed by atoms with Crippen molar-refractivity contribution in [1.29, 1.82) is 5.26 Å². The SMILES string of the molecule is COC(=O)c1c(N)nc(-c2cccc(C#N)c2)nc1O[C@H]1CC[C@@H](O)C1. The molecule has 1 aromatic carbocycles. The van der Waals surface area contributed by atoms with E-state index in [9.17, 15) is 9.90 Å². The van der Waals surface area contributed by atoms with E-state index < -0.39 is 12.1 Å². The number of carbonyl (C=O) groups excluding carboxylic acids is 1. The number of aliphatic hydroxyl groups is 1. The summed E-state index contributed by atoms with van der Waals surface area (Å²) < 4.78 is 10.6. The molecule has 8 heteroatoms. The van der Waals surface area contributed by atoms with E-state index in [2.05, 4.69) is 9.97 Å². The van der Waals surface area contributed by atoms with Crippen LogP contribution in [0.2, 0.25) is 0 Å². The molecule has 0 aliphatic heterocycles. The molecule has 1 saturated carbocycles. The van der Waals surface area contributed by atoms with Crippen molar-refractivity contribution in [3.63, 3.8) is 0 Å². The Morgan fingerprint density at radius 3 is 2.85 bits per heavy atom. The van der Waals surface area contributed by atoms with E-state index in [-0.39, 0.29) is 29.2 Å². The molecule has 134 valence electrons. The molecule has 3 N–H and O–H groups in total.